The number of amides is 1. The van der Waals surface area contributed by atoms with Crippen LogP contribution < -0.4 is 5.32 Å². The van der Waals surface area contributed by atoms with E-state index in [-0.39, 0.29) is 11.0 Å². The minimum Gasteiger partial charge on any atom is -0.441 e. The zero-order valence-corrected chi connectivity index (χ0v) is 19.2. The van der Waals surface area contributed by atoms with E-state index in [9.17, 15) is 13.2 Å². The third-order valence-corrected chi connectivity index (χ3v) is 7.90. The minimum atomic E-state index is -3.09. The number of aryl methyl sites for hydroxylation is 1. The van der Waals surface area contributed by atoms with E-state index in [4.69, 9.17) is 20.9 Å². The van der Waals surface area contributed by atoms with Gasteiger partial charge in [0.2, 0.25) is 0 Å². The molecular formula is C23H23ClN2O5S. The normalized spacial score (nSPS) is 14.7. The zero-order valence-electron chi connectivity index (χ0n) is 17.7. The number of ether oxygens (including phenoxy) is 1. The van der Waals surface area contributed by atoms with Crippen LogP contribution >= 0.6 is 11.6 Å². The topological polar surface area (TPSA) is 98.5 Å². The maximum Gasteiger partial charge on any atom is 0.412 e. The van der Waals surface area contributed by atoms with Gasteiger partial charge in [0.15, 0.2) is 15.6 Å². The first-order valence-electron chi connectivity index (χ1n) is 10.2. The summed E-state index contributed by atoms with van der Waals surface area (Å²) in [7, 11) is -3.09. The number of carbonyl (C=O) groups is 1. The lowest BCUT2D eigenvalue weighted by Gasteiger charge is -2.15. The third kappa shape index (κ3) is 4.97. The number of nitrogens with zero attached hydrogens (tertiary/aromatic N) is 1. The molecule has 1 aromatic heterocycles. The Hall–Kier alpha value is -2.84. The Morgan fingerprint density at radius 1 is 1.22 bits per heavy atom. The number of hydrogen-bond acceptors (Lipinski definition) is 6. The molecule has 1 heterocycles. The van der Waals surface area contributed by atoms with Crippen molar-refractivity contribution < 1.29 is 22.5 Å². The first-order valence-corrected chi connectivity index (χ1v) is 12.3. The molecule has 1 aliphatic carbocycles. The van der Waals surface area contributed by atoms with Crippen LogP contribution in [0.3, 0.4) is 0 Å². The number of aromatic nitrogens is 1. The smallest absolute Gasteiger partial charge is 0.412 e. The molecule has 0 bridgehead atoms. The summed E-state index contributed by atoms with van der Waals surface area (Å²) in [4.78, 5) is 12.5. The number of nitrogens with one attached hydrogen (secondary N) is 1. The lowest BCUT2D eigenvalue weighted by molar-refractivity contribution is 0.121. The van der Waals surface area contributed by atoms with Gasteiger partial charge in [-0.25, -0.2) is 13.2 Å². The zero-order chi connectivity index (χ0) is 22.9. The monoisotopic (exact) mass is 474 g/mol. The summed E-state index contributed by atoms with van der Waals surface area (Å²) < 4.78 is 35.3. The molecule has 0 aliphatic heterocycles. The average Bonchev–Trinajstić information content (AvgIpc) is 3.55. The molecule has 2 aromatic carbocycles. The van der Waals surface area contributed by atoms with Gasteiger partial charge in [0.1, 0.15) is 17.5 Å². The van der Waals surface area contributed by atoms with Gasteiger partial charge in [-0.2, -0.15) is 0 Å². The van der Waals surface area contributed by atoms with Crippen LogP contribution in [0.25, 0.3) is 11.3 Å². The van der Waals surface area contributed by atoms with Crippen molar-refractivity contribution in [2.24, 2.45) is 0 Å². The molecule has 3 aromatic rings. The molecule has 0 radical (unpaired) electrons. The Bertz CT molecular complexity index is 1230. The second kappa shape index (κ2) is 8.96. The Morgan fingerprint density at radius 3 is 2.56 bits per heavy atom. The molecule has 32 heavy (non-hydrogen) atoms. The van der Waals surface area contributed by atoms with Gasteiger partial charge in [-0.15, -0.1) is 0 Å². The van der Waals surface area contributed by atoms with Crippen LogP contribution in [0.15, 0.2) is 53.1 Å². The Morgan fingerprint density at radius 2 is 1.91 bits per heavy atom. The number of hydrogen-bond donors (Lipinski definition) is 1. The van der Waals surface area contributed by atoms with Gasteiger partial charge in [0, 0.05) is 16.1 Å². The maximum absolute atomic E-state index is 12.5. The third-order valence-electron chi connectivity index (χ3n) is 5.33. The Labute approximate surface area is 191 Å². The molecule has 0 saturated heterocycles. The van der Waals surface area contributed by atoms with Crippen molar-refractivity contribution in [1.29, 1.82) is 0 Å². The van der Waals surface area contributed by atoms with Gasteiger partial charge in [-0.3, -0.25) is 5.32 Å². The van der Waals surface area contributed by atoms with Crippen LogP contribution in [-0.2, 0) is 20.3 Å². The van der Waals surface area contributed by atoms with Crippen molar-refractivity contribution in [1.82, 2.24) is 5.16 Å². The number of halogens is 1. The van der Waals surface area contributed by atoms with E-state index in [2.05, 4.69) is 10.5 Å². The van der Waals surface area contributed by atoms with E-state index in [1.54, 1.807) is 56.3 Å². The van der Waals surface area contributed by atoms with Gasteiger partial charge in [0.25, 0.3) is 0 Å². The van der Waals surface area contributed by atoms with E-state index >= 15 is 0 Å². The molecule has 9 heteroatoms. The van der Waals surface area contributed by atoms with Crippen LogP contribution in [0, 0.1) is 6.92 Å². The minimum absolute atomic E-state index is 0.0186. The molecule has 168 valence electrons. The van der Waals surface area contributed by atoms with Crippen molar-refractivity contribution in [2.45, 2.75) is 43.8 Å². The standard InChI is InChI=1S/C23H23ClN2O5S/c1-14-21(25-23(27)30-15(2)19-5-3-4-6-20(19)24)22(31-26-14)17-9-7-16(8-10-17)13-32(28,29)18-11-12-18/h3-10,15,18H,11-13H2,1-2H3,(H,25,27). The quantitative estimate of drug-likeness (QED) is 0.472. The lowest BCUT2D eigenvalue weighted by atomic mass is 10.1. The molecule has 1 atom stereocenters. The second-order valence-electron chi connectivity index (χ2n) is 7.87. The first kappa shape index (κ1) is 22.4. The van der Waals surface area contributed by atoms with Gasteiger partial charge < -0.3 is 9.26 Å². The summed E-state index contributed by atoms with van der Waals surface area (Å²) in [5.41, 5.74) is 2.94. The predicted octanol–water partition coefficient (Wildman–Crippen LogP) is 5.69. The van der Waals surface area contributed by atoms with E-state index < -0.39 is 22.0 Å². The van der Waals surface area contributed by atoms with E-state index in [1.165, 1.54) is 0 Å². The first-order chi connectivity index (χ1) is 15.2. The maximum atomic E-state index is 12.5. The molecule has 1 unspecified atom stereocenters. The van der Waals surface area contributed by atoms with Crippen LogP contribution in [0.2, 0.25) is 5.02 Å². The summed E-state index contributed by atoms with van der Waals surface area (Å²) in [5, 5.41) is 6.96. The van der Waals surface area contributed by atoms with Crippen LogP contribution in [0.5, 0.6) is 0 Å². The summed E-state index contributed by atoms with van der Waals surface area (Å²) in [6.07, 6.45) is 0.271. The number of sulfone groups is 1. The number of carbonyl (C=O) groups excluding carboxylic acids is 1. The molecule has 1 amide bonds. The van der Waals surface area contributed by atoms with Crippen molar-refractivity contribution in [3.63, 3.8) is 0 Å². The summed E-state index contributed by atoms with van der Waals surface area (Å²) in [6.45, 7) is 3.44. The highest BCUT2D eigenvalue weighted by Gasteiger charge is 2.35. The molecule has 1 fully saturated rings. The van der Waals surface area contributed by atoms with Gasteiger partial charge >= 0.3 is 6.09 Å². The molecule has 1 aliphatic rings. The molecule has 1 N–H and O–H groups in total. The summed E-state index contributed by atoms with van der Waals surface area (Å²) >= 11 is 6.17. The highest BCUT2D eigenvalue weighted by Crippen LogP contribution is 2.34. The summed E-state index contributed by atoms with van der Waals surface area (Å²) in [5.74, 6) is 0.381. The molecule has 7 nitrogen and oxygen atoms in total. The van der Waals surface area contributed by atoms with E-state index in [0.29, 0.717) is 38.9 Å². The molecule has 4 rings (SSSR count). The highest BCUT2D eigenvalue weighted by atomic mass is 35.5. The molecule has 1 saturated carbocycles. The Kier molecular flexibility index (Phi) is 6.26. The highest BCUT2D eigenvalue weighted by molar-refractivity contribution is 7.91. The number of anilines is 1. The Balaban J connectivity index is 1.47. The van der Waals surface area contributed by atoms with E-state index in [0.717, 1.165) is 12.8 Å². The summed E-state index contributed by atoms with van der Waals surface area (Å²) in [6, 6.07) is 14.1. The van der Waals surface area contributed by atoms with Gasteiger partial charge in [0.05, 0.1) is 11.0 Å². The largest absolute Gasteiger partial charge is 0.441 e. The predicted molar refractivity (Wildman–Crippen MR) is 122 cm³/mol. The van der Waals surface area contributed by atoms with Crippen molar-refractivity contribution in [3.05, 3.63) is 70.4 Å². The molecule has 0 spiro atoms. The van der Waals surface area contributed by atoms with Gasteiger partial charge in [-0.1, -0.05) is 59.2 Å². The second-order valence-corrected chi connectivity index (χ2v) is 10.6. The number of benzene rings is 2. The fourth-order valence-electron chi connectivity index (χ4n) is 3.40. The van der Waals surface area contributed by atoms with Crippen LogP contribution in [0.1, 0.15) is 42.7 Å². The fraction of sp³-hybridized carbons (Fsp3) is 0.304. The fourth-order valence-corrected chi connectivity index (χ4v) is 5.44. The van der Waals surface area contributed by atoms with E-state index in [1.807, 2.05) is 6.07 Å². The SMILES string of the molecule is Cc1noc(-c2ccc(CS(=O)(=O)C3CC3)cc2)c1NC(=O)OC(C)c1ccccc1Cl. The lowest BCUT2D eigenvalue weighted by Crippen LogP contribution is -2.17. The van der Waals surface area contributed by atoms with Gasteiger partial charge in [-0.05, 0) is 38.3 Å². The van der Waals surface area contributed by atoms with Crippen molar-refractivity contribution in [3.8, 4) is 11.3 Å². The number of rotatable bonds is 7. The molecular weight excluding hydrogens is 452 g/mol. The van der Waals surface area contributed by atoms with Crippen molar-refractivity contribution >= 4 is 33.2 Å². The van der Waals surface area contributed by atoms with Crippen molar-refractivity contribution in [2.75, 3.05) is 5.32 Å². The average molecular weight is 475 g/mol. The van der Waals surface area contributed by atoms with Crippen LogP contribution in [-0.4, -0.2) is 24.9 Å². The van der Waals surface area contributed by atoms with Crippen LogP contribution in [0.4, 0.5) is 10.5 Å².